The quantitative estimate of drug-likeness (QED) is 0.733. The predicted octanol–water partition coefficient (Wildman–Crippen LogP) is 1.35. The van der Waals surface area contributed by atoms with Gasteiger partial charge < -0.3 is 9.64 Å². The Kier molecular flexibility index (Phi) is 6.18. The number of benzene rings is 1. The molecule has 7 nitrogen and oxygen atoms in total. The summed E-state index contributed by atoms with van der Waals surface area (Å²) in [5, 5.41) is 0. The molecule has 1 aromatic carbocycles. The van der Waals surface area contributed by atoms with Gasteiger partial charge in [-0.2, -0.15) is 4.31 Å². The number of hydrogen-bond acceptors (Lipinski definition) is 5. The second-order valence-electron chi connectivity index (χ2n) is 6.15. The van der Waals surface area contributed by atoms with Crippen LogP contribution < -0.4 is 0 Å². The topological polar surface area (TPSA) is 84.0 Å². The number of rotatable bonds is 5. The number of nitrogens with zero attached hydrogens (tertiary/aromatic N) is 2. The Morgan fingerprint density at radius 2 is 1.72 bits per heavy atom. The van der Waals surface area contributed by atoms with Crippen LogP contribution in [0.4, 0.5) is 0 Å². The first-order valence-electron chi connectivity index (χ1n) is 8.26. The fourth-order valence-electron chi connectivity index (χ4n) is 2.77. The van der Waals surface area contributed by atoms with Gasteiger partial charge in [-0.25, -0.2) is 8.42 Å². The summed E-state index contributed by atoms with van der Waals surface area (Å²) in [5.41, 5.74) is 0.435. The van der Waals surface area contributed by atoms with Crippen molar-refractivity contribution in [3.05, 3.63) is 29.8 Å². The van der Waals surface area contributed by atoms with Crippen LogP contribution in [0.5, 0.6) is 0 Å². The molecular formula is C17H24N2O5S. The smallest absolute Gasteiger partial charge is 0.309 e. The summed E-state index contributed by atoms with van der Waals surface area (Å²) >= 11 is 0. The standard InChI is InChI=1S/C17H24N2O5S/c1-4-24-17(21)14-9-11-19(12-10-14)25(22,23)15-7-5-13(6-8-15)16(20)18(2)3/h5-8,14H,4,9-12H2,1-3H3. The largest absolute Gasteiger partial charge is 0.466 e. The molecule has 0 atom stereocenters. The molecule has 138 valence electrons. The average molecular weight is 368 g/mol. The lowest BCUT2D eigenvalue weighted by Crippen LogP contribution is -2.40. The first-order valence-corrected chi connectivity index (χ1v) is 9.70. The molecule has 0 spiro atoms. The number of amides is 1. The van der Waals surface area contributed by atoms with Gasteiger partial charge in [0.15, 0.2) is 0 Å². The lowest BCUT2D eigenvalue weighted by Gasteiger charge is -2.30. The summed E-state index contributed by atoms with van der Waals surface area (Å²) in [5.74, 6) is -0.684. The van der Waals surface area contributed by atoms with E-state index in [0.29, 0.717) is 25.0 Å². The van der Waals surface area contributed by atoms with Gasteiger partial charge in [-0.3, -0.25) is 9.59 Å². The van der Waals surface area contributed by atoms with E-state index in [-0.39, 0.29) is 35.8 Å². The fraction of sp³-hybridized carbons (Fsp3) is 0.529. The number of sulfonamides is 1. The zero-order valence-electron chi connectivity index (χ0n) is 14.8. The highest BCUT2D eigenvalue weighted by Crippen LogP contribution is 2.25. The van der Waals surface area contributed by atoms with Crippen molar-refractivity contribution < 1.29 is 22.7 Å². The molecule has 0 unspecified atom stereocenters. The van der Waals surface area contributed by atoms with Crippen molar-refractivity contribution in [1.29, 1.82) is 0 Å². The lowest BCUT2D eigenvalue weighted by molar-refractivity contribution is -0.149. The molecule has 8 heteroatoms. The number of piperidine rings is 1. The molecule has 1 heterocycles. The summed E-state index contributed by atoms with van der Waals surface area (Å²) < 4.78 is 31.8. The van der Waals surface area contributed by atoms with Gasteiger partial charge in [0.25, 0.3) is 5.91 Å². The first-order chi connectivity index (χ1) is 11.8. The van der Waals surface area contributed by atoms with Crippen LogP contribution >= 0.6 is 0 Å². The van der Waals surface area contributed by atoms with Crippen molar-refractivity contribution in [1.82, 2.24) is 9.21 Å². The van der Waals surface area contributed by atoms with Crippen molar-refractivity contribution in [2.24, 2.45) is 5.92 Å². The zero-order chi connectivity index (χ0) is 18.6. The molecule has 25 heavy (non-hydrogen) atoms. The summed E-state index contributed by atoms with van der Waals surface area (Å²) in [7, 11) is -0.351. The van der Waals surface area contributed by atoms with Crippen LogP contribution in [0.1, 0.15) is 30.1 Å². The van der Waals surface area contributed by atoms with E-state index in [9.17, 15) is 18.0 Å². The fourth-order valence-corrected chi connectivity index (χ4v) is 4.24. The van der Waals surface area contributed by atoms with E-state index < -0.39 is 10.0 Å². The van der Waals surface area contributed by atoms with E-state index >= 15 is 0 Å². The minimum atomic E-state index is -3.63. The van der Waals surface area contributed by atoms with Crippen LogP contribution in [0.3, 0.4) is 0 Å². The van der Waals surface area contributed by atoms with Gasteiger partial charge in [0.1, 0.15) is 0 Å². The molecule has 1 aromatic rings. The van der Waals surface area contributed by atoms with Gasteiger partial charge in [-0.05, 0) is 44.0 Å². The third-order valence-electron chi connectivity index (χ3n) is 4.22. The number of ether oxygens (including phenoxy) is 1. The van der Waals surface area contributed by atoms with Gasteiger partial charge in [0.2, 0.25) is 10.0 Å². The van der Waals surface area contributed by atoms with Gasteiger partial charge in [-0.1, -0.05) is 0 Å². The van der Waals surface area contributed by atoms with Crippen LogP contribution in [0, 0.1) is 5.92 Å². The second kappa shape index (κ2) is 7.97. The molecule has 0 N–H and O–H groups in total. The molecular weight excluding hydrogens is 344 g/mol. The van der Waals surface area contributed by atoms with E-state index in [4.69, 9.17) is 4.74 Å². The molecule has 0 saturated carbocycles. The van der Waals surface area contributed by atoms with E-state index in [2.05, 4.69) is 0 Å². The Balaban J connectivity index is 2.07. The molecule has 1 fully saturated rings. The average Bonchev–Trinajstić information content (AvgIpc) is 2.61. The molecule has 2 rings (SSSR count). The normalized spacial score (nSPS) is 16.4. The summed E-state index contributed by atoms with van der Waals surface area (Å²) in [6.07, 6.45) is 0.907. The second-order valence-corrected chi connectivity index (χ2v) is 8.09. The predicted molar refractivity (Wildman–Crippen MR) is 92.6 cm³/mol. The highest BCUT2D eigenvalue weighted by atomic mass is 32.2. The van der Waals surface area contributed by atoms with Crippen LogP contribution in [-0.4, -0.2) is 63.3 Å². The highest BCUT2D eigenvalue weighted by molar-refractivity contribution is 7.89. The molecule has 0 bridgehead atoms. The maximum Gasteiger partial charge on any atom is 0.309 e. The molecule has 0 aromatic heterocycles. The summed E-state index contributed by atoms with van der Waals surface area (Å²) in [4.78, 5) is 25.2. The monoisotopic (exact) mass is 368 g/mol. The Morgan fingerprint density at radius 1 is 1.16 bits per heavy atom. The molecule has 1 amide bonds. The number of carbonyl (C=O) groups excluding carboxylic acids is 2. The van der Waals surface area contributed by atoms with Crippen molar-refractivity contribution >= 4 is 21.9 Å². The van der Waals surface area contributed by atoms with E-state index in [1.54, 1.807) is 21.0 Å². The molecule has 0 radical (unpaired) electrons. The molecule has 1 aliphatic rings. The third kappa shape index (κ3) is 4.38. The Morgan fingerprint density at radius 3 is 2.20 bits per heavy atom. The molecule has 1 saturated heterocycles. The summed E-state index contributed by atoms with van der Waals surface area (Å²) in [6.45, 7) is 2.64. The van der Waals surface area contributed by atoms with Gasteiger partial charge >= 0.3 is 5.97 Å². The van der Waals surface area contributed by atoms with Crippen molar-refractivity contribution in [3.8, 4) is 0 Å². The van der Waals surface area contributed by atoms with E-state index in [1.807, 2.05) is 0 Å². The van der Waals surface area contributed by atoms with Gasteiger partial charge in [0, 0.05) is 32.7 Å². The van der Waals surface area contributed by atoms with Crippen LogP contribution in [0.25, 0.3) is 0 Å². The van der Waals surface area contributed by atoms with Gasteiger partial charge in [-0.15, -0.1) is 0 Å². The van der Waals surface area contributed by atoms with Crippen molar-refractivity contribution in [3.63, 3.8) is 0 Å². The maximum absolute atomic E-state index is 12.7. The van der Waals surface area contributed by atoms with Crippen molar-refractivity contribution in [2.75, 3.05) is 33.8 Å². The first kappa shape index (κ1) is 19.4. The Bertz CT molecular complexity index is 720. The van der Waals surface area contributed by atoms with Gasteiger partial charge in [0.05, 0.1) is 17.4 Å². The number of esters is 1. The Labute approximate surface area is 148 Å². The molecule has 0 aliphatic carbocycles. The third-order valence-corrected chi connectivity index (χ3v) is 6.13. The van der Waals surface area contributed by atoms with Crippen molar-refractivity contribution in [2.45, 2.75) is 24.7 Å². The van der Waals surface area contributed by atoms with Crippen LogP contribution in [0.2, 0.25) is 0 Å². The number of carbonyl (C=O) groups is 2. The number of hydrogen-bond donors (Lipinski definition) is 0. The lowest BCUT2D eigenvalue weighted by atomic mass is 9.98. The van der Waals surface area contributed by atoms with Crippen LogP contribution in [0.15, 0.2) is 29.2 Å². The Hall–Kier alpha value is -1.93. The summed E-state index contributed by atoms with van der Waals surface area (Å²) in [6, 6.07) is 5.92. The highest BCUT2D eigenvalue weighted by Gasteiger charge is 2.32. The van der Waals surface area contributed by atoms with Crippen LogP contribution in [-0.2, 0) is 19.6 Å². The minimum absolute atomic E-state index is 0.150. The SMILES string of the molecule is CCOC(=O)C1CCN(S(=O)(=O)c2ccc(C(=O)N(C)C)cc2)CC1. The zero-order valence-corrected chi connectivity index (χ0v) is 15.6. The van der Waals surface area contributed by atoms with E-state index in [0.717, 1.165) is 0 Å². The van der Waals surface area contributed by atoms with E-state index in [1.165, 1.54) is 33.5 Å². The minimum Gasteiger partial charge on any atom is -0.466 e. The molecule has 1 aliphatic heterocycles. The maximum atomic E-state index is 12.7.